The third-order valence-corrected chi connectivity index (χ3v) is 6.86. The average Bonchev–Trinajstić information content (AvgIpc) is 3.17. The SMILES string of the molecule is CC(O)c1ccc(CCOc2ccc(C[C@@]3(C(=O)OCc4ccccc4)SC(=O)NC3=O)cc2)nc1. The Morgan fingerprint density at radius 3 is 2.42 bits per heavy atom. The van der Waals surface area contributed by atoms with Crippen LogP contribution in [0, 0.1) is 0 Å². The van der Waals surface area contributed by atoms with Crippen LogP contribution in [0.5, 0.6) is 5.75 Å². The number of aliphatic hydroxyl groups is 1. The lowest BCUT2D eigenvalue weighted by Crippen LogP contribution is -2.46. The molecular weight excluding hydrogens is 480 g/mol. The first-order valence-electron chi connectivity index (χ1n) is 11.5. The fraction of sp³-hybridized carbons (Fsp3) is 0.259. The molecule has 186 valence electrons. The minimum absolute atomic E-state index is 0.00267. The van der Waals surface area contributed by atoms with Crippen molar-refractivity contribution in [2.45, 2.75) is 37.2 Å². The summed E-state index contributed by atoms with van der Waals surface area (Å²) in [6.07, 6.45) is 1.69. The van der Waals surface area contributed by atoms with Crippen LogP contribution in [0.4, 0.5) is 4.79 Å². The Bertz CT molecular complexity index is 1220. The Hall–Kier alpha value is -3.69. The quantitative estimate of drug-likeness (QED) is 0.316. The maximum atomic E-state index is 13.0. The molecule has 1 saturated heterocycles. The number of esters is 1. The first kappa shape index (κ1) is 25.4. The lowest BCUT2D eigenvalue weighted by atomic mass is 9.97. The van der Waals surface area contributed by atoms with Crippen molar-refractivity contribution in [2.75, 3.05) is 6.61 Å². The van der Waals surface area contributed by atoms with Gasteiger partial charge in [0.05, 0.1) is 12.7 Å². The Kier molecular flexibility index (Phi) is 8.02. The van der Waals surface area contributed by atoms with Gasteiger partial charge < -0.3 is 14.6 Å². The van der Waals surface area contributed by atoms with E-state index in [1.54, 1.807) is 37.4 Å². The van der Waals surface area contributed by atoms with E-state index in [1.165, 1.54) is 0 Å². The van der Waals surface area contributed by atoms with Crippen molar-refractivity contribution in [3.63, 3.8) is 0 Å². The number of rotatable bonds is 10. The third kappa shape index (κ3) is 6.10. The van der Waals surface area contributed by atoms with E-state index in [0.29, 0.717) is 36.1 Å². The summed E-state index contributed by atoms with van der Waals surface area (Å²) in [5, 5.41) is 11.2. The van der Waals surface area contributed by atoms with Crippen molar-refractivity contribution in [3.05, 3.63) is 95.3 Å². The number of thioether (sulfide) groups is 1. The van der Waals surface area contributed by atoms with Gasteiger partial charge in [0.1, 0.15) is 12.4 Å². The molecule has 1 unspecified atom stereocenters. The Balaban J connectivity index is 1.36. The topological polar surface area (TPSA) is 115 Å². The molecule has 8 nitrogen and oxygen atoms in total. The highest BCUT2D eigenvalue weighted by atomic mass is 32.2. The zero-order valence-electron chi connectivity index (χ0n) is 19.7. The molecule has 9 heteroatoms. The summed E-state index contributed by atoms with van der Waals surface area (Å²) in [7, 11) is 0. The molecule has 1 aliphatic rings. The largest absolute Gasteiger partial charge is 0.493 e. The number of nitrogens with zero attached hydrogens (tertiary/aromatic N) is 1. The normalized spacial score (nSPS) is 17.9. The van der Waals surface area contributed by atoms with Gasteiger partial charge in [-0.25, -0.2) is 4.79 Å². The van der Waals surface area contributed by atoms with Crippen LogP contribution in [0.1, 0.15) is 35.4 Å². The average molecular weight is 507 g/mol. The number of aliphatic hydroxyl groups excluding tert-OH is 1. The van der Waals surface area contributed by atoms with Gasteiger partial charge in [-0.1, -0.05) is 48.5 Å². The number of carbonyl (C=O) groups excluding carboxylic acids is 3. The van der Waals surface area contributed by atoms with Crippen LogP contribution in [0.25, 0.3) is 0 Å². The van der Waals surface area contributed by atoms with E-state index in [2.05, 4.69) is 10.3 Å². The fourth-order valence-electron chi connectivity index (χ4n) is 3.68. The van der Waals surface area contributed by atoms with Crippen LogP contribution in [-0.4, -0.2) is 38.6 Å². The number of imide groups is 1. The fourth-order valence-corrected chi connectivity index (χ4v) is 4.67. The summed E-state index contributed by atoms with van der Waals surface area (Å²) in [6, 6.07) is 19.8. The molecule has 4 rings (SSSR count). The van der Waals surface area contributed by atoms with Crippen molar-refractivity contribution in [2.24, 2.45) is 0 Å². The van der Waals surface area contributed by atoms with E-state index >= 15 is 0 Å². The number of hydrogen-bond donors (Lipinski definition) is 2. The summed E-state index contributed by atoms with van der Waals surface area (Å²) < 4.78 is 9.54. The number of ether oxygens (including phenoxy) is 2. The molecule has 0 saturated carbocycles. The summed E-state index contributed by atoms with van der Waals surface area (Å²) in [4.78, 5) is 42.0. The van der Waals surface area contributed by atoms with E-state index < -0.39 is 28.0 Å². The Labute approximate surface area is 213 Å². The van der Waals surface area contributed by atoms with Crippen LogP contribution in [-0.2, 0) is 33.8 Å². The predicted octanol–water partition coefficient (Wildman–Crippen LogP) is 3.76. The van der Waals surface area contributed by atoms with Crippen LogP contribution in [0.2, 0.25) is 0 Å². The van der Waals surface area contributed by atoms with E-state index in [-0.39, 0.29) is 13.0 Å². The lowest BCUT2D eigenvalue weighted by Gasteiger charge is -2.22. The van der Waals surface area contributed by atoms with Crippen molar-refractivity contribution < 1.29 is 29.0 Å². The zero-order valence-corrected chi connectivity index (χ0v) is 20.5. The van der Waals surface area contributed by atoms with Crippen molar-refractivity contribution in [1.29, 1.82) is 0 Å². The summed E-state index contributed by atoms with van der Waals surface area (Å²) in [6.45, 7) is 2.10. The van der Waals surface area contributed by atoms with E-state index in [9.17, 15) is 19.5 Å². The van der Waals surface area contributed by atoms with E-state index in [1.807, 2.05) is 42.5 Å². The number of aromatic nitrogens is 1. The van der Waals surface area contributed by atoms with Gasteiger partial charge in [-0.15, -0.1) is 0 Å². The highest BCUT2D eigenvalue weighted by Crippen LogP contribution is 2.37. The first-order chi connectivity index (χ1) is 17.4. The Morgan fingerprint density at radius 2 is 1.81 bits per heavy atom. The minimum Gasteiger partial charge on any atom is -0.493 e. The van der Waals surface area contributed by atoms with Crippen molar-refractivity contribution in [3.8, 4) is 5.75 Å². The molecule has 2 atom stereocenters. The molecule has 0 spiro atoms. The van der Waals surface area contributed by atoms with Gasteiger partial charge in [-0.05, 0) is 53.6 Å². The van der Waals surface area contributed by atoms with Gasteiger partial charge in [0, 0.05) is 24.7 Å². The number of pyridine rings is 1. The van der Waals surface area contributed by atoms with Gasteiger partial charge in [0.2, 0.25) is 4.75 Å². The van der Waals surface area contributed by atoms with Crippen LogP contribution in [0.15, 0.2) is 72.9 Å². The van der Waals surface area contributed by atoms with Crippen LogP contribution in [0.3, 0.4) is 0 Å². The number of hydrogen-bond acceptors (Lipinski definition) is 8. The van der Waals surface area contributed by atoms with Crippen molar-refractivity contribution in [1.82, 2.24) is 10.3 Å². The number of nitrogens with one attached hydrogen (secondary N) is 1. The third-order valence-electron chi connectivity index (χ3n) is 5.73. The first-order valence-corrected chi connectivity index (χ1v) is 12.3. The van der Waals surface area contributed by atoms with Gasteiger partial charge in [0.25, 0.3) is 11.1 Å². The standard InChI is InChI=1S/C27H26N2O6S/c1-18(30)21-9-10-22(28-16-21)13-14-34-23-11-7-19(8-12-23)15-27(24(31)29-26(33)36-27)25(32)35-17-20-5-3-2-4-6-20/h2-12,16,18,30H,13-15,17H2,1H3,(H,29,31,33)/t18?,27-/m1/s1. The molecule has 2 heterocycles. The molecular formula is C27H26N2O6S. The number of amides is 2. The molecule has 2 amide bonds. The second-order valence-electron chi connectivity index (χ2n) is 8.41. The molecule has 1 aromatic heterocycles. The van der Waals surface area contributed by atoms with Gasteiger partial charge in [-0.2, -0.15) is 0 Å². The minimum atomic E-state index is -1.68. The molecule has 1 aliphatic heterocycles. The Morgan fingerprint density at radius 1 is 1.06 bits per heavy atom. The van der Waals surface area contributed by atoms with Crippen molar-refractivity contribution >= 4 is 28.9 Å². The molecule has 0 bridgehead atoms. The second kappa shape index (κ2) is 11.4. The molecule has 0 aliphatic carbocycles. The second-order valence-corrected chi connectivity index (χ2v) is 9.68. The summed E-state index contributed by atoms with van der Waals surface area (Å²) >= 11 is 0.650. The molecule has 2 aromatic carbocycles. The number of carbonyl (C=O) groups is 3. The lowest BCUT2D eigenvalue weighted by molar-refractivity contribution is -0.150. The summed E-state index contributed by atoms with van der Waals surface area (Å²) in [5.74, 6) is -0.807. The highest BCUT2D eigenvalue weighted by Gasteiger charge is 2.55. The highest BCUT2D eigenvalue weighted by molar-refractivity contribution is 8.16. The monoisotopic (exact) mass is 506 g/mol. The maximum absolute atomic E-state index is 13.0. The van der Waals surface area contributed by atoms with Crippen LogP contribution >= 0.6 is 11.8 Å². The molecule has 36 heavy (non-hydrogen) atoms. The molecule has 1 fully saturated rings. The smallest absolute Gasteiger partial charge is 0.333 e. The predicted molar refractivity (Wildman–Crippen MR) is 134 cm³/mol. The molecule has 2 N–H and O–H groups in total. The van der Waals surface area contributed by atoms with Gasteiger partial charge >= 0.3 is 5.97 Å². The van der Waals surface area contributed by atoms with E-state index in [0.717, 1.165) is 16.8 Å². The number of benzene rings is 2. The van der Waals surface area contributed by atoms with E-state index in [4.69, 9.17) is 9.47 Å². The zero-order chi connectivity index (χ0) is 25.5. The van der Waals surface area contributed by atoms with Gasteiger partial charge in [0.15, 0.2) is 0 Å². The maximum Gasteiger partial charge on any atom is 0.333 e. The summed E-state index contributed by atoms with van der Waals surface area (Å²) in [5.41, 5.74) is 3.08. The van der Waals surface area contributed by atoms with Crippen LogP contribution < -0.4 is 10.1 Å². The van der Waals surface area contributed by atoms with Gasteiger partial charge in [-0.3, -0.25) is 19.9 Å². The molecule has 3 aromatic rings. The molecule has 0 radical (unpaired) electrons.